The summed E-state index contributed by atoms with van der Waals surface area (Å²) in [5.41, 5.74) is 1.47. The minimum Gasteiger partial charge on any atom is -0.341 e. The molecular formula is C21H21ClN6O2. The fourth-order valence-corrected chi connectivity index (χ4v) is 3.74. The summed E-state index contributed by atoms with van der Waals surface area (Å²) in [7, 11) is 1.68. The van der Waals surface area contributed by atoms with Crippen molar-refractivity contribution in [2.24, 2.45) is 13.0 Å². The SMILES string of the molecule is Cn1c(N2CCCC(C(=O)Nc3ccccc3Cl)C2)nc(-c2ccncn2)cc1=O. The lowest BCUT2D eigenvalue weighted by Crippen LogP contribution is -2.43. The number of rotatable bonds is 4. The van der Waals surface area contributed by atoms with E-state index in [9.17, 15) is 9.59 Å². The second-order valence-electron chi connectivity index (χ2n) is 7.19. The third kappa shape index (κ3) is 4.18. The first-order chi connectivity index (χ1) is 14.5. The second-order valence-corrected chi connectivity index (χ2v) is 7.59. The predicted molar refractivity (Wildman–Crippen MR) is 116 cm³/mol. The molecule has 1 atom stereocenters. The molecule has 154 valence electrons. The maximum atomic E-state index is 12.8. The molecule has 0 aliphatic carbocycles. The number of aromatic nitrogens is 4. The number of hydrogen-bond acceptors (Lipinski definition) is 6. The Morgan fingerprint density at radius 2 is 2.07 bits per heavy atom. The lowest BCUT2D eigenvalue weighted by Gasteiger charge is -2.33. The molecule has 3 aromatic rings. The normalized spacial score (nSPS) is 16.3. The van der Waals surface area contributed by atoms with Crippen LogP contribution in [-0.2, 0) is 11.8 Å². The number of anilines is 2. The summed E-state index contributed by atoms with van der Waals surface area (Å²) in [5.74, 6) is 0.186. The average molecular weight is 425 g/mol. The highest BCUT2D eigenvalue weighted by Gasteiger charge is 2.28. The molecule has 1 amide bonds. The number of nitrogens with zero attached hydrogens (tertiary/aromatic N) is 5. The van der Waals surface area contributed by atoms with Gasteiger partial charge in [-0.05, 0) is 31.0 Å². The van der Waals surface area contributed by atoms with Crippen LogP contribution in [0.3, 0.4) is 0 Å². The van der Waals surface area contributed by atoms with Gasteiger partial charge in [0.05, 0.1) is 28.0 Å². The topological polar surface area (TPSA) is 93.0 Å². The van der Waals surface area contributed by atoms with Crippen LogP contribution >= 0.6 is 11.6 Å². The lowest BCUT2D eigenvalue weighted by molar-refractivity contribution is -0.120. The number of nitrogens with one attached hydrogen (secondary N) is 1. The van der Waals surface area contributed by atoms with Gasteiger partial charge in [0.2, 0.25) is 11.9 Å². The summed E-state index contributed by atoms with van der Waals surface area (Å²) in [6.45, 7) is 1.17. The van der Waals surface area contributed by atoms with Gasteiger partial charge in [0.25, 0.3) is 5.56 Å². The monoisotopic (exact) mass is 424 g/mol. The van der Waals surface area contributed by atoms with Gasteiger partial charge in [-0.15, -0.1) is 0 Å². The number of benzene rings is 1. The van der Waals surface area contributed by atoms with Gasteiger partial charge in [0.1, 0.15) is 6.33 Å². The van der Waals surface area contributed by atoms with E-state index in [4.69, 9.17) is 11.6 Å². The van der Waals surface area contributed by atoms with E-state index in [1.165, 1.54) is 17.0 Å². The summed E-state index contributed by atoms with van der Waals surface area (Å²) < 4.78 is 1.50. The van der Waals surface area contributed by atoms with E-state index in [0.29, 0.717) is 41.1 Å². The highest BCUT2D eigenvalue weighted by molar-refractivity contribution is 6.33. The summed E-state index contributed by atoms with van der Waals surface area (Å²) in [4.78, 5) is 40.1. The molecule has 3 heterocycles. The number of carbonyl (C=O) groups is 1. The largest absolute Gasteiger partial charge is 0.341 e. The number of carbonyl (C=O) groups excluding carboxylic acids is 1. The zero-order valence-corrected chi connectivity index (χ0v) is 17.2. The molecule has 0 radical (unpaired) electrons. The van der Waals surface area contributed by atoms with Gasteiger partial charge in [-0.1, -0.05) is 23.7 Å². The molecule has 1 N–H and O–H groups in total. The van der Waals surface area contributed by atoms with Crippen molar-refractivity contribution < 1.29 is 4.79 Å². The Balaban J connectivity index is 1.57. The van der Waals surface area contributed by atoms with Crippen molar-refractivity contribution in [3.8, 4) is 11.4 Å². The average Bonchev–Trinajstić information content (AvgIpc) is 2.78. The van der Waals surface area contributed by atoms with Crippen LogP contribution in [0, 0.1) is 5.92 Å². The van der Waals surface area contributed by atoms with Gasteiger partial charge in [0.15, 0.2) is 0 Å². The molecule has 1 fully saturated rings. The van der Waals surface area contributed by atoms with Gasteiger partial charge in [-0.2, -0.15) is 0 Å². The van der Waals surface area contributed by atoms with Crippen LogP contribution in [0.15, 0.2) is 53.7 Å². The molecular weight excluding hydrogens is 404 g/mol. The number of para-hydroxylation sites is 1. The molecule has 30 heavy (non-hydrogen) atoms. The van der Waals surface area contributed by atoms with Crippen LogP contribution < -0.4 is 15.8 Å². The standard InChI is InChI=1S/C21H21ClN6O2/c1-27-19(29)11-18(17-8-9-23-13-24-17)26-21(27)28-10-4-5-14(12-28)20(30)25-16-7-3-2-6-15(16)22/h2-3,6-9,11,13-14H,4-5,10,12H2,1H3,(H,25,30). The molecule has 1 aliphatic heterocycles. The number of halogens is 1. The predicted octanol–water partition coefficient (Wildman–Crippen LogP) is 2.75. The van der Waals surface area contributed by atoms with Gasteiger partial charge >= 0.3 is 0 Å². The summed E-state index contributed by atoms with van der Waals surface area (Å²) in [6, 6.07) is 10.3. The maximum Gasteiger partial charge on any atom is 0.255 e. The zero-order valence-electron chi connectivity index (χ0n) is 16.5. The van der Waals surface area contributed by atoms with E-state index >= 15 is 0 Å². The number of amides is 1. The molecule has 4 rings (SSSR count). The van der Waals surface area contributed by atoms with Crippen LogP contribution in [-0.4, -0.2) is 38.5 Å². The summed E-state index contributed by atoms with van der Waals surface area (Å²) in [6.07, 6.45) is 4.60. The highest BCUT2D eigenvalue weighted by atomic mass is 35.5. The smallest absolute Gasteiger partial charge is 0.255 e. The Labute approximate surface area is 178 Å². The second kappa shape index (κ2) is 8.62. The van der Waals surface area contributed by atoms with E-state index < -0.39 is 0 Å². The third-order valence-electron chi connectivity index (χ3n) is 5.16. The maximum absolute atomic E-state index is 12.8. The molecule has 1 unspecified atom stereocenters. The lowest BCUT2D eigenvalue weighted by atomic mass is 9.97. The number of hydrogen-bond donors (Lipinski definition) is 1. The first-order valence-electron chi connectivity index (χ1n) is 9.68. The minimum atomic E-state index is -0.241. The molecule has 8 nitrogen and oxygen atoms in total. The fourth-order valence-electron chi connectivity index (χ4n) is 3.55. The van der Waals surface area contributed by atoms with Crippen molar-refractivity contribution in [1.82, 2.24) is 19.5 Å². The molecule has 0 bridgehead atoms. The quantitative estimate of drug-likeness (QED) is 0.692. The molecule has 2 aromatic heterocycles. The molecule has 9 heteroatoms. The van der Waals surface area contributed by atoms with Crippen LogP contribution in [0.25, 0.3) is 11.4 Å². The summed E-state index contributed by atoms with van der Waals surface area (Å²) >= 11 is 6.16. The van der Waals surface area contributed by atoms with Crippen molar-refractivity contribution >= 4 is 29.1 Å². The van der Waals surface area contributed by atoms with Crippen LogP contribution in [0.4, 0.5) is 11.6 Å². The van der Waals surface area contributed by atoms with Crippen molar-refractivity contribution in [1.29, 1.82) is 0 Å². The first kappa shape index (κ1) is 20.0. The Kier molecular flexibility index (Phi) is 5.76. The molecule has 1 aliphatic rings. The van der Waals surface area contributed by atoms with Gasteiger partial charge < -0.3 is 10.2 Å². The Hall–Kier alpha value is -3.26. The van der Waals surface area contributed by atoms with E-state index in [1.54, 1.807) is 31.4 Å². The Bertz CT molecular complexity index is 1120. The van der Waals surface area contributed by atoms with E-state index in [-0.39, 0.29) is 17.4 Å². The van der Waals surface area contributed by atoms with Gasteiger partial charge in [-0.25, -0.2) is 15.0 Å². The van der Waals surface area contributed by atoms with Crippen molar-refractivity contribution in [2.45, 2.75) is 12.8 Å². The molecule has 0 spiro atoms. The van der Waals surface area contributed by atoms with Crippen LogP contribution in [0.5, 0.6) is 0 Å². The zero-order chi connectivity index (χ0) is 21.1. The Morgan fingerprint density at radius 1 is 1.23 bits per heavy atom. The van der Waals surface area contributed by atoms with Crippen molar-refractivity contribution in [3.63, 3.8) is 0 Å². The van der Waals surface area contributed by atoms with Crippen LogP contribution in [0.1, 0.15) is 12.8 Å². The van der Waals surface area contributed by atoms with E-state index in [0.717, 1.165) is 12.8 Å². The molecule has 1 aromatic carbocycles. The number of piperidine rings is 1. The van der Waals surface area contributed by atoms with E-state index in [2.05, 4.69) is 20.3 Å². The molecule has 1 saturated heterocycles. The Morgan fingerprint density at radius 3 is 2.83 bits per heavy atom. The van der Waals surface area contributed by atoms with Gasteiger partial charge in [0, 0.05) is 32.4 Å². The molecule has 0 saturated carbocycles. The van der Waals surface area contributed by atoms with Crippen LogP contribution in [0.2, 0.25) is 5.02 Å². The van der Waals surface area contributed by atoms with Gasteiger partial charge in [-0.3, -0.25) is 14.2 Å². The minimum absolute atomic E-state index is 0.0928. The first-order valence-corrected chi connectivity index (χ1v) is 10.1. The van der Waals surface area contributed by atoms with Crippen molar-refractivity contribution in [2.75, 3.05) is 23.3 Å². The summed E-state index contributed by atoms with van der Waals surface area (Å²) in [5, 5.41) is 3.41. The third-order valence-corrected chi connectivity index (χ3v) is 5.49. The van der Waals surface area contributed by atoms with Crippen molar-refractivity contribution in [3.05, 3.63) is 64.3 Å². The fraction of sp³-hybridized carbons (Fsp3) is 0.286. The van der Waals surface area contributed by atoms with E-state index in [1.807, 2.05) is 17.0 Å². The highest BCUT2D eigenvalue weighted by Crippen LogP contribution is 2.26.